The van der Waals surface area contributed by atoms with Crippen molar-refractivity contribution in [2.45, 2.75) is 30.9 Å². The summed E-state index contributed by atoms with van der Waals surface area (Å²) in [5.41, 5.74) is 0. The predicted molar refractivity (Wildman–Crippen MR) is 35.6 cm³/mol. The molecular formula is C5H11BrO2. The Kier molecular flexibility index (Phi) is 3.60. The first-order valence-electron chi connectivity index (χ1n) is 2.70. The van der Waals surface area contributed by atoms with Gasteiger partial charge < -0.3 is 10.2 Å². The van der Waals surface area contributed by atoms with Crippen molar-refractivity contribution in [2.75, 3.05) is 0 Å². The standard InChI is InChI=1S/C5H11BrO2/c1-2-3-4-5(6,7)8/h7-8H,2-4H2,1H3. The summed E-state index contributed by atoms with van der Waals surface area (Å²) in [7, 11) is 0. The Morgan fingerprint density at radius 3 is 2.12 bits per heavy atom. The van der Waals surface area contributed by atoms with E-state index in [9.17, 15) is 0 Å². The zero-order chi connectivity index (χ0) is 6.62. The van der Waals surface area contributed by atoms with Gasteiger partial charge >= 0.3 is 0 Å². The number of hydrogen-bond donors (Lipinski definition) is 2. The third-order valence-electron chi connectivity index (χ3n) is 0.848. The normalized spacial score (nSPS) is 12.0. The van der Waals surface area contributed by atoms with Crippen molar-refractivity contribution in [3.05, 3.63) is 0 Å². The molecule has 0 aromatic rings. The molecule has 0 amide bonds. The summed E-state index contributed by atoms with van der Waals surface area (Å²) < 4.78 is -1.64. The van der Waals surface area contributed by atoms with Crippen LogP contribution >= 0.6 is 15.9 Å². The lowest BCUT2D eigenvalue weighted by molar-refractivity contribution is -0.0750. The monoisotopic (exact) mass is 182 g/mol. The van der Waals surface area contributed by atoms with E-state index in [1.165, 1.54) is 0 Å². The molecule has 0 spiro atoms. The zero-order valence-electron chi connectivity index (χ0n) is 4.89. The number of halogens is 1. The molecule has 0 aliphatic heterocycles. The van der Waals surface area contributed by atoms with Gasteiger partial charge in [-0.3, -0.25) is 0 Å². The summed E-state index contributed by atoms with van der Waals surface area (Å²) >= 11 is 2.69. The van der Waals surface area contributed by atoms with E-state index in [0.717, 1.165) is 12.8 Å². The molecule has 0 saturated carbocycles. The molecule has 0 atom stereocenters. The second-order valence-corrected chi connectivity index (χ2v) is 3.09. The van der Waals surface area contributed by atoms with Gasteiger partial charge in [-0.25, -0.2) is 0 Å². The zero-order valence-corrected chi connectivity index (χ0v) is 6.48. The van der Waals surface area contributed by atoms with Crippen molar-refractivity contribution < 1.29 is 10.2 Å². The first-order valence-corrected chi connectivity index (χ1v) is 3.49. The Balaban J connectivity index is 3.11. The summed E-state index contributed by atoms with van der Waals surface area (Å²) in [6.07, 6.45) is 2.20. The lowest BCUT2D eigenvalue weighted by atomic mass is 10.2. The maximum atomic E-state index is 8.62. The Labute approximate surface area is 57.7 Å². The molecule has 0 radical (unpaired) electrons. The smallest absolute Gasteiger partial charge is 0.221 e. The van der Waals surface area contributed by atoms with Crippen molar-refractivity contribution >= 4 is 15.9 Å². The lowest BCUT2D eigenvalue weighted by Crippen LogP contribution is -2.17. The van der Waals surface area contributed by atoms with Crippen LogP contribution < -0.4 is 0 Å². The van der Waals surface area contributed by atoms with Gasteiger partial charge in [0.05, 0.1) is 0 Å². The van der Waals surface area contributed by atoms with E-state index in [1.54, 1.807) is 0 Å². The van der Waals surface area contributed by atoms with Crippen molar-refractivity contribution in [2.24, 2.45) is 0 Å². The van der Waals surface area contributed by atoms with Crippen LogP contribution in [0.1, 0.15) is 26.2 Å². The third kappa shape index (κ3) is 6.40. The second-order valence-electron chi connectivity index (χ2n) is 1.82. The summed E-state index contributed by atoms with van der Waals surface area (Å²) in [6.45, 7) is 2.00. The van der Waals surface area contributed by atoms with E-state index in [2.05, 4.69) is 15.9 Å². The Morgan fingerprint density at radius 2 is 2.00 bits per heavy atom. The molecule has 0 aromatic carbocycles. The highest BCUT2D eigenvalue weighted by Crippen LogP contribution is 2.16. The van der Waals surface area contributed by atoms with Gasteiger partial charge in [-0.1, -0.05) is 13.3 Å². The number of alkyl halides is 1. The molecule has 0 fully saturated rings. The fraction of sp³-hybridized carbons (Fsp3) is 1.00. The van der Waals surface area contributed by atoms with Crippen LogP contribution in [0.25, 0.3) is 0 Å². The van der Waals surface area contributed by atoms with Crippen molar-refractivity contribution in [1.29, 1.82) is 0 Å². The van der Waals surface area contributed by atoms with E-state index < -0.39 is 4.70 Å². The summed E-state index contributed by atoms with van der Waals surface area (Å²) in [6, 6.07) is 0. The van der Waals surface area contributed by atoms with Crippen LogP contribution in [0.15, 0.2) is 0 Å². The van der Waals surface area contributed by atoms with Gasteiger partial charge in [0.15, 0.2) is 0 Å². The SMILES string of the molecule is CCCCC(O)(O)Br. The summed E-state index contributed by atoms with van der Waals surface area (Å²) in [5.74, 6) is 0. The van der Waals surface area contributed by atoms with Gasteiger partial charge in [-0.05, 0) is 22.4 Å². The molecule has 8 heavy (non-hydrogen) atoms. The van der Waals surface area contributed by atoms with Crippen molar-refractivity contribution in [3.63, 3.8) is 0 Å². The first-order chi connectivity index (χ1) is 3.56. The molecule has 0 saturated heterocycles. The maximum Gasteiger partial charge on any atom is 0.221 e. The minimum absolute atomic E-state index is 0.392. The minimum Gasteiger partial charge on any atom is -0.357 e. The molecule has 0 aromatic heterocycles. The van der Waals surface area contributed by atoms with Crippen LogP contribution in [-0.4, -0.2) is 14.9 Å². The van der Waals surface area contributed by atoms with Crippen molar-refractivity contribution in [3.8, 4) is 0 Å². The van der Waals surface area contributed by atoms with Crippen LogP contribution in [-0.2, 0) is 0 Å². The lowest BCUT2D eigenvalue weighted by Gasteiger charge is -2.11. The Bertz CT molecular complexity index is 57.9. The molecule has 2 N–H and O–H groups in total. The van der Waals surface area contributed by atoms with Gasteiger partial charge in [0, 0.05) is 6.42 Å². The van der Waals surface area contributed by atoms with E-state index in [-0.39, 0.29) is 0 Å². The maximum absolute atomic E-state index is 8.62. The van der Waals surface area contributed by atoms with Crippen molar-refractivity contribution in [1.82, 2.24) is 0 Å². The molecule has 2 nitrogen and oxygen atoms in total. The first kappa shape index (κ1) is 8.40. The molecule has 0 aliphatic rings. The van der Waals surface area contributed by atoms with Gasteiger partial charge in [-0.15, -0.1) is 0 Å². The molecule has 0 unspecified atom stereocenters. The molecule has 0 rings (SSSR count). The average molecular weight is 183 g/mol. The minimum atomic E-state index is -1.64. The molecule has 0 bridgehead atoms. The Morgan fingerprint density at radius 1 is 1.50 bits per heavy atom. The van der Waals surface area contributed by atoms with E-state index >= 15 is 0 Å². The van der Waals surface area contributed by atoms with E-state index in [1.807, 2.05) is 6.92 Å². The predicted octanol–water partition coefficient (Wildman–Crippen LogP) is 1.21. The molecule has 3 heteroatoms. The molecular weight excluding hydrogens is 172 g/mol. The highest BCUT2D eigenvalue weighted by molar-refractivity contribution is 9.09. The number of hydrogen-bond acceptors (Lipinski definition) is 2. The molecule has 0 heterocycles. The van der Waals surface area contributed by atoms with Crippen LogP contribution in [0.2, 0.25) is 0 Å². The topological polar surface area (TPSA) is 40.5 Å². The summed E-state index contributed by atoms with van der Waals surface area (Å²) in [4.78, 5) is 0. The van der Waals surface area contributed by atoms with Gasteiger partial charge in [0.1, 0.15) is 0 Å². The number of aliphatic hydroxyl groups is 2. The van der Waals surface area contributed by atoms with E-state index in [4.69, 9.17) is 10.2 Å². The van der Waals surface area contributed by atoms with E-state index in [0.29, 0.717) is 6.42 Å². The number of rotatable bonds is 3. The van der Waals surface area contributed by atoms with Crippen LogP contribution in [0.3, 0.4) is 0 Å². The Hall–Kier alpha value is 0.400. The van der Waals surface area contributed by atoms with Crippen LogP contribution in [0.4, 0.5) is 0 Å². The quantitative estimate of drug-likeness (QED) is 0.510. The number of unbranched alkanes of at least 4 members (excludes halogenated alkanes) is 1. The van der Waals surface area contributed by atoms with Gasteiger partial charge in [0.2, 0.25) is 4.70 Å². The highest BCUT2D eigenvalue weighted by Gasteiger charge is 2.15. The average Bonchev–Trinajstić information content (AvgIpc) is 1.59. The molecule has 0 aliphatic carbocycles. The molecule has 50 valence electrons. The largest absolute Gasteiger partial charge is 0.357 e. The fourth-order valence-electron chi connectivity index (χ4n) is 0.402. The van der Waals surface area contributed by atoms with Gasteiger partial charge in [0.25, 0.3) is 0 Å². The van der Waals surface area contributed by atoms with Gasteiger partial charge in [-0.2, -0.15) is 0 Å². The van der Waals surface area contributed by atoms with Crippen LogP contribution in [0, 0.1) is 0 Å². The summed E-state index contributed by atoms with van der Waals surface area (Å²) in [5, 5.41) is 17.2. The third-order valence-corrected chi connectivity index (χ3v) is 1.24. The fourth-order valence-corrected chi connectivity index (χ4v) is 0.682. The highest BCUT2D eigenvalue weighted by atomic mass is 79.9. The van der Waals surface area contributed by atoms with Crippen LogP contribution in [0.5, 0.6) is 0 Å². The second kappa shape index (κ2) is 3.43.